The van der Waals surface area contributed by atoms with Crippen LogP contribution in [0.4, 0.5) is 9.59 Å². The number of hydrogen-bond donors (Lipinski definition) is 2. The molecule has 0 bridgehead atoms. The first kappa shape index (κ1) is 122. The molecule has 0 spiro atoms. The Morgan fingerprint density at radius 1 is 0.331 bits per heavy atom. The van der Waals surface area contributed by atoms with Gasteiger partial charge in [0.1, 0.15) is 56.9 Å². The van der Waals surface area contributed by atoms with Gasteiger partial charge >= 0.3 is 20.6 Å². The standard InChI is InChI=1S/C55H77O6P.C28H42O2.C27H37Cl2O4P.C6H15N.CH2I.V/c1-32-24-36(44(40(26-32)51(9,10)11)57-48(56)58-55(21,22)23)37-25-33(2)27-41(52(12,13)14)45(37)59-62-60-46-38(28-34(49(3,4)5)30-42(46)53(15,16)17)39-29-35(50(6,7)8)31-43(47(39)61-62)54(18,19)20;1-25(2,3)17-13-19(23(29)21(15-17)27(7,8)9)20-14-18(26(4,5)6)16-22(24(20)30)28(10,11)12;1-16-12-18(19-13-17(2)15-21(26(6,7)8)23(19)33-34(28)29)22(20(14-16)25(3,4)5)31-24(30)32-27(9,10)11;1-4-7(5-2)6-3;1-2;/h24-31H,1-23H3;13-16,29-30H,1-12H3;12-15H,1-11H3;4-6H2,1-3H3;1H2;/q;;;;-1;. The zero-order valence-corrected chi connectivity index (χ0v) is 99.8. The topological polar surface area (TPSA) is 160 Å². The quantitative estimate of drug-likeness (QED) is 0.0392. The molecule has 755 valence electrons. The number of ether oxygens (including phenoxy) is 4. The van der Waals surface area contributed by atoms with E-state index >= 15 is 0 Å². The van der Waals surface area contributed by atoms with Gasteiger partial charge in [0.2, 0.25) is 0 Å². The maximum absolute atomic E-state index is 13.6. The van der Waals surface area contributed by atoms with Crippen molar-refractivity contribution in [1.29, 1.82) is 0 Å². The van der Waals surface area contributed by atoms with Crippen LogP contribution >= 0.6 is 60.2 Å². The molecule has 0 aliphatic heterocycles. The molecule has 1 heterocycles. The molecule has 136 heavy (non-hydrogen) atoms. The van der Waals surface area contributed by atoms with Crippen LogP contribution in [0, 0.1) is 32.6 Å². The fourth-order valence-corrected chi connectivity index (χ4v) is 17.7. The fraction of sp³-hybridized carbons (Fsp3) is 0.564. The van der Waals surface area contributed by atoms with Crippen LogP contribution in [0.2, 0.25) is 0 Å². The van der Waals surface area contributed by atoms with E-state index in [1.54, 1.807) is 20.8 Å². The molecule has 0 aliphatic carbocycles. The first-order chi connectivity index (χ1) is 60.7. The zero-order chi connectivity index (χ0) is 104. The van der Waals surface area contributed by atoms with E-state index in [9.17, 15) is 19.8 Å². The number of fused-ring (bicyclic) bond motifs is 3. The molecule has 13 nitrogen and oxygen atoms in total. The number of nitrogens with zero attached hydrogens (tertiary/aromatic N) is 1. The number of aromatic hydroxyl groups is 2. The number of carbonyl (C=O) groups is 2. The molecular formula is C117H173Cl2INO12P2V-. The summed E-state index contributed by atoms with van der Waals surface area (Å²) in [5.74, 6) is 2.61. The van der Waals surface area contributed by atoms with Gasteiger partial charge < -0.3 is 74.1 Å². The fourth-order valence-electron chi connectivity index (χ4n) is 15.8. The summed E-state index contributed by atoms with van der Waals surface area (Å²) in [4.78, 5) is 32.0. The number of benzene rings is 8. The Hall–Kier alpha value is -6.32. The van der Waals surface area contributed by atoms with Crippen molar-refractivity contribution >= 4 is 94.4 Å². The summed E-state index contributed by atoms with van der Waals surface area (Å²) in [5.41, 5.74) is 18.4. The van der Waals surface area contributed by atoms with E-state index in [0.717, 1.165) is 122 Å². The van der Waals surface area contributed by atoms with Crippen LogP contribution in [0.1, 0.15) is 401 Å². The van der Waals surface area contributed by atoms with E-state index < -0.39 is 38.6 Å². The number of hydrogen-bond acceptors (Lipinski definition) is 13. The number of rotatable bonds is 12. The molecule has 2 N–H and O–H groups in total. The normalized spacial score (nSPS) is 12.9. The summed E-state index contributed by atoms with van der Waals surface area (Å²) in [7, 11) is -2.14. The number of halogens is 3. The van der Waals surface area contributed by atoms with E-state index in [1.165, 1.54) is 30.8 Å². The first-order valence-corrected chi connectivity index (χ1v) is 53.6. The van der Waals surface area contributed by atoms with Gasteiger partial charge in [-0.25, -0.2) is 9.59 Å². The minimum absolute atomic E-state index is 0. The minimum Gasteiger partial charge on any atom is -0.507 e. The largest absolute Gasteiger partial charge is 0.514 e. The minimum atomic E-state index is -2.14. The summed E-state index contributed by atoms with van der Waals surface area (Å²) >= 11 is 14.2. The molecule has 0 amide bonds. The maximum atomic E-state index is 13.6. The van der Waals surface area contributed by atoms with Gasteiger partial charge in [-0.2, -0.15) is 0 Å². The third-order valence-electron chi connectivity index (χ3n) is 23.6. The molecule has 0 atom stereocenters. The van der Waals surface area contributed by atoms with Crippen LogP contribution in [0.15, 0.2) is 105 Å². The van der Waals surface area contributed by atoms with Gasteiger partial charge in [0, 0.05) is 107 Å². The number of aryl methyl sites for hydroxylation is 4. The van der Waals surface area contributed by atoms with Crippen molar-refractivity contribution in [3.63, 3.8) is 0 Å². The second kappa shape index (κ2) is 45.1. The Morgan fingerprint density at radius 2 is 0.559 bits per heavy atom. The van der Waals surface area contributed by atoms with Crippen molar-refractivity contribution in [3.05, 3.63) is 191 Å². The first-order valence-electron chi connectivity index (χ1n) is 47.9. The SMILES string of the molecule is CC(C)(C)c1cc(-c2cc(C(C)(C)C)cc(C(C)(C)C)c2O)c(O)c(C(C)(C)C)c1.CCN(CC)CC.Cc1cc(-c2cc(C)cc(C(C)(C)C)c2OP(Cl)Cl)c(OC(=O)OC(C)(C)C)c(C(C)(C)C)c1.Cc1cc(-c2cc(C)cc(C(C)(C)C)c2Op2oc3c(C(C)(C)C)cc(C(C)(C)C)cc3c3cc(C(C)(C)C)cc(C(C)(C)C)c3o2)c(OC(=O)OC(C)(C)C)c(C(C)(C)C)c1.[CH2-]I.[V]. The second-order valence-corrected chi connectivity index (χ2v) is 54.9. The molecule has 0 fully saturated rings. The van der Waals surface area contributed by atoms with Crippen molar-refractivity contribution in [1.82, 2.24) is 4.90 Å². The van der Waals surface area contributed by atoms with Crippen LogP contribution in [-0.4, -0.2) is 58.3 Å². The van der Waals surface area contributed by atoms with E-state index in [0.29, 0.717) is 34.1 Å². The Bertz CT molecular complexity index is 5540. The Balaban J connectivity index is 0.000000440. The van der Waals surface area contributed by atoms with E-state index in [2.05, 4.69) is 373 Å². The summed E-state index contributed by atoms with van der Waals surface area (Å²) in [5, 5.41) is 24.7. The van der Waals surface area contributed by atoms with Gasteiger partial charge in [-0.3, -0.25) is 4.93 Å². The van der Waals surface area contributed by atoms with Crippen molar-refractivity contribution in [2.24, 2.45) is 0 Å². The van der Waals surface area contributed by atoms with Crippen molar-refractivity contribution in [2.45, 2.75) is 415 Å². The number of phenolic OH excluding ortho intramolecular Hbond substituents is 2. The number of phenols is 2. The molecule has 9 rings (SSSR count). The Kier molecular flexibility index (Phi) is 40.5. The molecule has 1 aromatic heterocycles. The Labute approximate surface area is 861 Å². The molecular weight excluding hydrogens is 1920 g/mol. The van der Waals surface area contributed by atoms with Crippen LogP contribution in [-0.2, 0) is 93.0 Å². The molecule has 0 saturated carbocycles. The van der Waals surface area contributed by atoms with Crippen LogP contribution in [0.3, 0.4) is 0 Å². The molecule has 19 heteroatoms. The smallest absolute Gasteiger partial charge is 0.507 e. The third-order valence-corrected chi connectivity index (χ3v) is 25.3. The number of carbonyl (C=O) groups excluding carboxylic acids is 2. The van der Waals surface area contributed by atoms with Crippen molar-refractivity contribution < 1.29 is 74.7 Å². The van der Waals surface area contributed by atoms with Gasteiger partial charge in [0.25, 0.3) is 6.85 Å². The Morgan fingerprint density at radius 3 is 0.787 bits per heavy atom. The maximum Gasteiger partial charge on any atom is 0.514 e. The van der Waals surface area contributed by atoms with Gasteiger partial charge in [0.05, 0.1) is 0 Å². The molecule has 1 radical (unpaired) electrons. The molecule has 9 aromatic rings. The van der Waals surface area contributed by atoms with Gasteiger partial charge in [-0.1, -0.05) is 319 Å². The van der Waals surface area contributed by atoms with Crippen LogP contribution in [0.5, 0.6) is 34.5 Å². The molecule has 0 saturated heterocycles. The van der Waals surface area contributed by atoms with E-state index in [4.69, 9.17) is 58.9 Å². The van der Waals surface area contributed by atoms with Gasteiger partial charge in [0.15, 0.2) is 0 Å². The molecule has 0 aliphatic rings. The van der Waals surface area contributed by atoms with Gasteiger partial charge in [-0.05, 0) is 269 Å². The second-order valence-electron chi connectivity index (χ2n) is 50.9. The molecule has 8 aromatic carbocycles. The van der Waals surface area contributed by atoms with Crippen LogP contribution in [0.25, 0.3) is 55.3 Å². The average Bonchev–Trinajstić information content (AvgIpc) is 1.52. The van der Waals surface area contributed by atoms with Crippen molar-refractivity contribution in [3.8, 4) is 67.9 Å². The van der Waals surface area contributed by atoms with Gasteiger partial charge in [-0.15, -0.1) is 0 Å². The summed E-state index contributed by atoms with van der Waals surface area (Å²) in [6.45, 7) is 106. The molecule has 0 unspecified atom stereocenters. The summed E-state index contributed by atoms with van der Waals surface area (Å²) in [6.07, 6.45) is -1.52. The van der Waals surface area contributed by atoms with Crippen molar-refractivity contribution in [2.75, 3.05) is 19.6 Å². The predicted octanol–water partition coefficient (Wildman–Crippen LogP) is 38.0. The van der Waals surface area contributed by atoms with Crippen LogP contribution < -0.4 is 18.5 Å². The third kappa shape index (κ3) is 32.9. The van der Waals surface area contributed by atoms with E-state index in [1.807, 2.05) is 75.4 Å². The predicted molar refractivity (Wildman–Crippen MR) is 590 cm³/mol. The van der Waals surface area contributed by atoms with E-state index in [-0.39, 0.29) is 95.0 Å². The summed E-state index contributed by atoms with van der Waals surface area (Å²) in [6, 6.07) is 34.2. The monoisotopic (exact) mass is 2090 g/mol. The zero-order valence-electron chi connectivity index (χ0n) is 93.0. The summed E-state index contributed by atoms with van der Waals surface area (Å²) < 4.78 is 51.6. The average molecular weight is 2100 g/mol.